The highest BCUT2D eigenvalue weighted by molar-refractivity contribution is 7.89. The maximum Gasteiger partial charge on any atom is 0.243 e. The molecule has 180 valence electrons. The van der Waals surface area contributed by atoms with Gasteiger partial charge in [0.2, 0.25) is 15.9 Å². The zero-order valence-corrected chi connectivity index (χ0v) is 19.4. The Bertz CT molecular complexity index is 1460. The van der Waals surface area contributed by atoms with Gasteiger partial charge in [0.15, 0.2) is 11.6 Å². The largest absolute Gasteiger partial charge is 0.338 e. The van der Waals surface area contributed by atoms with Crippen LogP contribution < -0.4 is 5.32 Å². The molecule has 0 radical (unpaired) electrons. The first-order chi connectivity index (χ1) is 16.8. The number of nitrogens with one attached hydrogen (secondary N) is 2. The molecular formula is C25H22F2N4O3S. The number of hydrogen-bond donors (Lipinski definition) is 2. The van der Waals surface area contributed by atoms with E-state index < -0.39 is 21.7 Å². The number of imidazole rings is 1. The Morgan fingerprint density at radius 2 is 1.69 bits per heavy atom. The van der Waals surface area contributed by atoms with Gasteiger partial charge in [-0.15, -0.1) is 0 Å². The minimum atomic E-state index is -3.96. The summed E-state index contributed by atoms with van der Waals surface area (Å²) in [5.74, 6) is -2.14. The molecule has 1 saturated heterocycles. The molecule has 1 fully saturated rings. The number of nitrogens with zero attached hydrogens (tertiary/aromatic N) is 2. The lowest BCUT2D eigenvalue weighted by atomic mass is 9.97. The second kappa shape index (κ2) is 9.20. The van der Waals surface area contributed by atoms with E-state index in [1.165, 1.54) is 4.31 Å². The van der Waals surface area contributed by atoms with E-state index in [1.54, 1.807) is 12.1 Å². The molecule has 0 aliphatic carbocycles. The standard InChI is InChI=1S/C25H22F2N4O3S/c26-20-10-9-19(15-21(20)27)35(33,34)31-13-11-17(12-14-31)25(32)28-18-7-5-16(6-8-18)24-29-22-3-1-2-4-23(22)30-24/h1-10,15,17H,11-14H2,(H,28,32)(H,29,30). The number of aromatic nitrogens is 2. The van der Waals surface area contributed by atoms with E-state index in [1.807, 2.05) is 36.4 Å². The molecule has 10 heteroatoms. The smallest absolute Gasteiger partial charge is 0.243 e. The molecule has 0 spiro atoms. The van der Waals surface area contributed by atoms with Crippen LogP contribution in [0, 0.1) is 17.6 Å². The molecule has 1 amide bonds. The van der Waals surface area contributed by atoms with Crippen LogP contribution in [-0.2, 0) is 14.8 Å². The maximum absolute atomic E-state index is 13.5. The number of H-pyrrole nitrogens is 1. The lowest BCUT2D eigenvalue weighted by Crippen LogP contribution is -2.41. The molecule has 3 aromatic carbocycles. The summed E-state index contributed by atoms with van der Waals surface area (Å²) in [6.07, 6.45) is 0.650. The van der Waals surface area contributed by atoms with Crippen LogP contribution in [0.25, 0.3) is 22.4 Å². The second-order valence-corrected chi connectivity index (χ2v) is 10.4. The van der Waals surface area contributed by atoms with Crippen molar-refractivity contribution in [2.75, 3.05) is 18.4 Å². The van der Waals surface area contributed by atoms with Crippen LogP contribution in [0.2, 0.25) is 0 Å². The first-order valence-corrected chi connectivity index (χ1v) is 12.6. The Labute approximate surface area is 200 Å². The maximum atomic E-state index is 13.5. The monoisotopic (exact) mass is 496 g/mol. The molecule has 1 aliphatic rings. The van der Waals surface area contributed by atoms with Gasteiger partial charge < -0.3 is 10.3 Å². The minimum Gasteiger partial charge on any atom is -0.338 e. The first kappa shape index (κ1) is 23.1. The molecule has 35 heavy (non-hydrogen) atoms. The minimum absolute atomic E-state index is 0.115. The fourth-order valence-corrected chi connectivity index (χ4v) is 5.67. The molecule has 4 aromatic rings. The summed E-state index contributed by atoms with van der Waals surface area (Å²) in [5, 5.41) is 2.89. The topological polar surface area (TPSA) is 95.2 Å². The van der Waals surface area contributed by atoms with Gasteiger partial charge in [0, 0.05) is 30.3 Å². The van der Waals surface area contributed by atoms with Gasteiger partial charge in [-0.3, -0.25) is 4.79 Å². The number of carbonyl (C=O) groups excluding carboxylic acids is 1. The van der Waals surface area contributed by atoms with Crippen LogP contribution in [0.3, 0.4) is 0 Å². The van der Waals surface area contributed by atoms with E-state index in [-0.39, 0.29) is 29.8 Å². The van der Waals surface area contributed by atoms with Crippen molar-refractivity contribution < 1.29 is 22.0 Å². The van der Waals surface area contributed by atoms with Gasteiger partial charge in [0.25, 0.3) is 0 Å². The van der Waals surface area contributed by atoms with Gasteiger partial charge in [-0.1, -0.05) is 12.1 Å². The van der Waals surface area contributed by atoms with Crippen molar-refractivity contribution >= 4 is 32.7 Å². The van der Waals surface area contributed by atoms with Crippen molar-refractivity contribution in [1.29, 1.82) is 0 Å². The molecule has 5 rings (SSSR count). The summed E-state index contributed by atoms with van der Waals surface area (Å²) in [4.78, 5) is 20.3. The zero-order valence-electron chi connectivity index (χ0n) is 18.5. The zero-order chi connectivity index (χ0) is 24.6. The molecule has 0 bridgehead atoms. The Balaban J connectivity index is 1.20. The molecule has 0 saturated carbocycles. The van der Waals surface area contributed by atoms with Gasteiger partial charge in [0.1, 0.15) is 5.82 Å². The van der Waals surface area contributed by atoms with E-state index in [4.69, 9.17) is 0 Å². The summed E-state index contributed by atoms with van der Waals surface area (Å²) in [7, 11) is -3.96. The number of para-hydroxylation sites is 2. The number of rotatable bonds is 5. The van der Waals surface area contributed by atoms with Crippen LogP contribution in [0.1, 0.15) is 12.8 Å². The third-order valence-corrected chi connectivity index (χ3v) is 8.06. The van der Waals surface area contributed by atoms with Crippen LogP contribution >= 0.6 is 0 Å². The highest BCUT2D eigenvalue weighted by Gasteiger charge is 2.32. The molecular weight excluding hydrogens is 474 g/mol. The molecule has 0 unspecified atom stereocenters. The second-order valence-electron chi connectivity index (χ2n) is 8.42. The third kappa shape index (κ3) is 4.67. The van der Waals surface area contributed by atoms with Gasteiger partial charge in [-0.05, 0) is 67.4 Å². The SMILES string of the molecule is O=C(Nc1ccc(-c2nc3ccccc3[nH]2)cc1)C1CCN(S(=O)(=O)c2ccc(F)c(F)c2)CC1. The number of sulfonamides is 1. The van der Waals surface area contributed by atoms with Crippen LogP contribution in [0.5, 0.6) is 0 Å². The molecule has 2 heterocycles. The summed E-state index contributed by atoms with van der Waals surface area (Å²) in [6, 6.07) is 17.6. The Morgan fingerprint density at radius 1 is 0.971 bits per heavy atom. The van der Waals surface area contributed by atoms with E-state index in [2.05, 4.69) is 15.3 Å². The summed E-state index contributed by atoms with van der Waals surface area (Å²) in [6.45, 7) is 0.231. The van der Waals surface area contributed by atoms with Crippen LogP contribution in [-0.4, -0.2) is 41.7 Å². The van der Waals surface area contributed by atoms with Crippen LogP contribution in [0.4, 0.5) is 14.5 Å². The molecule has 2 N–H and O–H groups in total. The Kier molecular flexibility index (Phi) is 6.08. The molecule has 1 aliphatic heterocycles. The Morgan fingerprint density at radius 3 is 2.37 bits per heavy atom. The number of carbonyl (C=O) groups is 1. The van der Waals surface area contributed by atoms with Crippen molar-refractivity contribution in [1.82, 2.24) is 14.3 Å². The molecule has 7 nitrogen and oxygen atoms in total. The van der Waals surface area contributed by atoms with Crippen molar-refractivity contribution in [3.05, 3.63) is 78.4 Å². The highest BCUT2D eigenvalue weighted by Crippen LogP contribution is 2.27. The van der Waals surface area contributed by atoms with Crippen molar-refractivity contribution in [2.45, 2.75) is 17.7 Å². The average molecular weight is 497 g/mol. The van der Waals surface area contributed by atoms with Gasteiger partial charge in [-0.2, -0.15) is 4.31 Å². The summed E-state index contributed by atoms with van der Waals surface area (Å²) >= 11 is 0. The van der Waals surface area contributed by atoms with E-state index in [0.717, 1.165) is 34.6 Å². The normalized spacial score (nSPS) is 15.4. The lowest BCUT2D eigenvalue weighted by Gasteiger charge is -2.30. The number of aromatic amines is 1. The number of piperidine rings is 1. The number of benzene rings is 3. The molecule has 1 aromatic heterocycles. The predicted octanol–water partition coefficient (Wildman–Crippen LogP) is 4.55. The Hall–Kier alpha value is -3.63. The van der Waals surface area contributed by atoms with E-state index in [0.29, 0.717) is 24.6 Å². The number of halogens is 2. The summed E-state index contributed by atoms with van der Waals surface area (Å²) in [5.41, 5.74) is 3.33. The highest BCUT2D eigenvalue weighted by atomic mass is 32.2. The number of anilines is 1. The lowest BCUT2D eigenvalue weighted by molar-refractivity contribution is -0.120. The fourth-order valence-electron chi connectivity index (χ4n) is 4.19. The van der Waals surface area contributed by atoms with Crippen molar-refractivity contribution in [3.63, 3.8) is 0 Å². The van der Waals surface area contributed by atoms with Gasteiger partial charge >= 0.3 is 0 Å². The average Bonchev–Trinajstić information content (AvgIpc) is 3.30. The van der Waals surface area contributed by atoms with Crippen molar-refractivity contribution in [3.8, 4) is 11.4 Å². The van der Waals surface area contributed by atoms with Crippen molar-refractivity contribution in [2.24, 2.45) is 5.92 Å². The third-order valence-electron chi connectivity index (χ3n) is 6.17. The summed E-state index contributed by atoms with van der Waals surface area (Å²) < 4.78 is 53.4. The molecule has 0 atom stereocenters. The van der Waals surface area contributed by atoms with E-state index in [9.17, 15) is 22.0 Å². The first-order valence-electron chi connectivity index (χ1n) is 11.1. The predicted molar refractivity (Wildman–Crippen MR) is 128 cm³/mol. The number of hydrogen-bond acceptors (Lipinski definition) is 4. The number of amides is 1. The van der Waals surface area contributed by atoms with E-state index >= 15 is 0 Å². The number of fused-ring (bicyclic) bond motifs is 1. The fraction of sp³-hybridized carbons (Fsp3) is 0.200. The van der Waals surface area contributed by atoms with Crippen LogP contribution in [0.15, 0.2) is 71.6 Å². The van der Waals surface area contributed by atoms with Gasteiger partial charge in [-0.25, -0.2) is 22.2 Å². The quantitative estimate of drug-likeness (QED) is 0.424. The van der Waals surface area contributed by atoms with Gasteiger partial charge in [0.05, 0.1) is 15.9 Å².